The summed E-state index contributed by atoms with van der Waals surface area (Å²) in [5, 5.41) is 2.68. The predicted molar refractivity (Wildman–Crippen MR) is 93.5 cm³/mol. The first-order valence-corrected chi connectivity index (χ1v) is 8.21. The second kappa shape index (κ2) is 7.30. The molecule has 142 valence electrons. The molecule has 0 bridgehead atoms. The van der Waals surface area contributed by atoms with Crippen LogP contribution in [0.3, 0.4) is 0 Å². The molecular weight excluding hydrogens is 361 g/mol. The molecule has 0 spiro atoms. The van der Waals surface area contributed by atoms with Crippen LogP contribution in [0.1, 0.15) is 12.0 Å². The number of anilines is 2. The summed E-state index contributed by atoms with van der Waals surface area (Å²) < 4.78 is 44.7. The van der Waals surface area contributed by atoms with Gasteiger partial charge < -0.3 is 15.0 Å². The molecule has 0 aliphatic carbocycles. The molecule has 0 radical (unpaired) electrons. The zero-order valence-electron chi connectivity index (χ0n) is 14.4. The molecule has 1 unspecified atom stereocenters. The fourth-order valence-corrected chi connectivity index (χ4v) is 2.98. The van der Waals surface area contributed by atoms with Crippen LogP contribution in [-0.4, -0.2) is 25.5 Å². The Morgan fingerprint density at radius 2 is 1.81 bits per heavy atom. The summed E-state index contributed by atoms with van der Waals surface area (Å²) in [7, 11) is 1.52. The minimum atomic E-state index is -4.58. The molecule has 27 heavy (non-hydrogen) atoms. The summed E-state index contributed by atoms with van der Waals surface area (Å²) in [6.45, 7) is -0.103. The molecule has 1 heterocycles. The molecule has 1 aliphatic rings. The van der Waals surface area contributed by atoms with Crippen molar-refractivity contribution >= 4 is 23.2 Å². The van der Waals surface area contributed by atoms with Gasteiger partial charge >= 0.3 is 6.18 Å². The Morgan fingerprint density at radius 3 is 2.44 bits per heavy atom. The largest absolute Gasteiger partial charge is 0.497 e. The predicted octanol–water partition coefficient (Wildman–Crippen LogP) is 3.71. The lowest BCUT2D eigenvalue weighted by Crippen LogP contribution is -2.29. The Labute approximate surface area is 153 Å². The lowest BCUT2D eigenvalue weighted by atomic mass is 10.1. The van der Waals surface area contributed by atoms with Gasteiger partial charge in [0, 0.05) is 18.7 Å². The number of ether oxygens (including phenoxy) is 1. The normalized spacial score (nSPS) is 17.1. The van der Waals surface area contributed by atoms with Crippen LogP contribution in [0, 0.1) is 5.92 Å². The molecule has 0 aromatic heterocycles. The molecule has 2 amide bonds. The van der Waals surface area contributed by atoms with Crippen LogP contribution in [0.4, 0.5) is 24.5 Å². The number of carbonyl (C=O) groups excluding carboxylic acids is 2. The molecule has 1 fully saturated rings. The van der Waals surface area contributed by atoms with Crippen LogP contribution in [0.15, 0.2) is 48.5 Å². The fraction of sp³-hybridized carbons (Fsp3) is 0.263. The maximum absolute atomic E-state index is 13.2. The van der Waals surface area contributed by atoms with Crippen molar-refractivity contribution in [2.75, 3.05) is 23.9 Å². The first kappa shape index (κ1) is 18.8. The summed E-state index contributed by atoms with van der Waals surface area (Å²) in [6, 6.07) is 11.5. The van der Waals surface area contributed by atoms with Crippen LogP contribution in [0.25, 0.3) is 0 Å². The van der Waals surface area contributed by atoms with E-state index < -0.39 is 29.5 Å². The Balaban J connectivity index is 1.74. The average molecular weight is 378 g/mol. The van der Waals surface area contributed by atoms with Gasteiger partial charge in [0.25, 0.3) is 0 Å². The van der Waals surface area contributed by atoms with E-state index >= 15 is 0 Å². The van der Waals surface area contributed by atoms with Crippen LogP contribution >= 0.6 is 0 Å². The maximum atomic E-state index is 13.2. The van der Waals surface area contributed by atoms with Gasteiger partial charge in [-0.05, 0) is 36.4 Å². The number of nitrogens with one attached hydrogen (secondary N) is 1. The molecule has 0 saturated carbocycles. The molecule has 3 rings (SSSR count). The van der Waals surface area contributed by atoms with E-state index in [-0.39, 0.29) is 18.7 Å². The second-order valence-corrected chi connectivity index (χ2v) is 6.14. The number of hydrogen-bond donors (Lipinski definition) is 1. The molecule has 8 heteroatoms. The Hall–Kier alpha value is -3.03. The molecule has 1 aliphatic heterocycles. The number of carbonyl (C=O) groups is 2. The summed E-state index contributed by atoms with van der Waals surface area (Å²) in [4.78, 5) is 25.7. The van der Waals surface area contributed by atoms with Crippen LogP contribution in [0.5, 0.6) is 5.75 Å². The average Bonchev–Trinajstić information content (AvgIpc) is 3.03. The fourth-order valence-electron chi connectivity index (χ4n) is 2.98. The molecule has 5 nitrogen and oxygen atoms in total. The van der Waals surface area contributed by atoms with Crippen molar-refractivity contribution in [2.45, 2.75) is 12.6 Å². The van der Waals surface area contributed by atoms with Crippen molar-refractivity contribution in [3.63, 3.8) is 0 Å². The maximum Gasteiger partial charge on any atom is 0.418 e. The van der Waals surface area contributed by atoms with Gasteiger partial charge in [0.15, 0.2) is 0 Å². The van der Waals surface area contributed by atoms with Gasteiger partial charge in [-0.15, -0.1) is 0 Å². The van der Waals surface area contributed by atoms with Crippen molar-refractivity contribution < 1.29 is 27.5 Å². The van der Waals surface area contributed by atoms with E-state index in [0.29, 0.717) is 11.4 Å². The zero-order chi connectivity index (χ0) is 19.6. The number of para-hydroxylation sites is 1. The van der Waals surface area contributed by atoms with E-state index in [2.05, 4.69) is 5.32 Å². The zero-order valence-corrected chi connectivity index (χ0v) is 14.4. The number of rotatable bonds is 4. The summed E-state index contributed by atoms with van der Waals surface area (Å²) in [5.41, 5.74) is -0.605. The van der Waals surface area contributed by atoms with Crippen molar-refractivity contribution in [1.82, 2.24) is 0 Å². The van der Waals surface area contributed by atoms with Crippen LogP contribution in [-0.2, 0) is 15.8 Å². The van der Waals surface area contributed by atoms with Crippen molar-refractivity contribution in [2.24, 2.45) is 5.92 Å². The summed E-state index contributed by atoms with van der Waals surface area (Å²) >= 11 is 0. The quantitative estimate of drug-likeness (QED) is 0.883. The Morgan fingerprint density at radius 1 is 1.15 bits per heavy atom. The van der Waals surface area contributed by atoms with E-state index in [1.54, 1.807) is 24.3 Å². The molecule has 1 atom stereocenters. The number of benzene rings is 2. The number of nitrogens with zero attached hydrogens (tertiary/aromatic N) is 1. The standard InChI is InChI=1S/C19H17F3N2O3/c1-27-14-8-6-13(7-9-14)23-18(26)12-10-17(25)24(11-12)16-5-3-2-4-15(16)19(20,21)22/h2-9,12H,10-11H2,1H3,(H,23,26). The minimum Gasteiger partial charge on any atom is -0.497 e. The Bertz CT molecular complexity index is 850. The van der Waals surface area contributed by atoms with E-state index in [4.69, 9.17) is 4.74 Å². The smallest absolute Gasteiger partial charge is 0.418 e. The highest BCUT2D eigenvalue weighted by Gasteiger charge is 2.40. The topological polar surface area (TPSA) is 58.6 Å². The SMILES string of the molecule is COc1ccc(NC(=O)C2CC(=O)N(c3ccccc3C(F)(F)F)C2)cc1. The van der Waals surface area contributed by atoms with Crippen molar-refractivity contribution in [3.05, 3.63) is 54.1 Å². The van der Waals surface area contributed by atoms with Crippen molar-refractivity contribution in [3.8, 4) is 5.75 Å². The summed E-state index contributed by atoms with van der Waals surface area (Å²) in [6.07, 6.45) is -4.73. The lowest BCUT2D eigenvalue weighted by molar-refractivity contribution is -0.137. The highest BCUT2D eigenvalue weighted by atomic mass is 19.4. The monoisotopic (exact) mass is 378 g/mol. The molecule has 1 saturated heterocycles. The van der Waals surface area contributed by atoms with Gasteiger partial charge in [0.2, 0.25) is 11.8 Å². The van der Waals surface area contributed by atoms with E-state index in [1.807, 2.05) is 0 Å². The van der Waals surface area contributed by atoms with Gasteiger partial charge in [0.1, 0.15) is 5.75 Å². The van der Waals surface area contributed by atoms with E-state index in [1.165, 1.54) is 25.3 Å². The minimum absolute atomic E-state index is 0.103. The highest BCUT2D eigenvalue weighted by Crippen LogP contribution is 2.38. The molecule has 1 N–H and O–H groups in total. The van der Waals surface area contributed by atoms with E-state index in [9.17, 15) is 22.8 Å². The Kier molecular flexibility index (Phi) is 5.07. The first-order chi connectivity index (χ1) is 12.8. The van der Waals surface area contributed by atoms with Gasteiger partial charge in [-0.1, -0.05) is 12.1 Å². The lowest BCUT2D eigenvalue weighted by Gasteiger charge is -2.21. The summed E-state index contributed by atoms with van der Waals surface area (Å²) in [5.74, 6) is -1.04. The van der Waals surface area contributed by atoms with Gasteiger partial charge in [0.05, 0.1) is 24.3 Å². The molecule has 2 aromatic rings. The molecular formula is C19H17F3N2O3. The third kappa shape index (κ3) is 4.05. The van der Waals surface area contributed by atoms with Gasteiger partial charge in [-0.3, -0.25) is 9.59 Å². The van der Waals surface area contributed by atoms with Crippen LogP contribution < -0.4 is 15.0 Å². The van der Waals surface area contributed by atoms with Gasteiger partial charge in [-0.25, -0.2) is 0 Å². The second-order valence-electron chi connectivity index (χ2n) is 6.14. The number of halogens is 3. The van der Waals surface area contributed by atoms with Gasteiger partial charge in [-0.2, -0.15) is 13.2 Å². The van der Waals surface area contributed by atoms with E-state index in [0.717, 1.165) is 11.0 Å². The number of hydrogen-bond acceptors (Lipinski definition) is 3. The van der Waals surface area contributed by atoms with Crippen molar-refractivity contribution in [1.29, 1.82) is 0 Å². The highest BCUT2D eigenvalue weighted by molar-refractivity contribution is 6.03. The van der Waals surface area contributed by atoms with Crippen LogP contribution in [0.2, 0.25) is 0 Å². The third-order valence-electron chi connectivity index (χ3n) is 4.35. The number of amides is 2. The number of alkyl halides is 3. The third-order valence-corrected chi connectivity index (χ3v) is 4.35. The molecule has 2 aromatic carbocycles. The first-order valence-electron chi connectivity index (χ1n) is 8.21. The number of methoxy groups -OCH3 is 1.